The van der Waals surface area contributed by atoms with Gasteiger partial charge in [-0.2, -0.15) is 0 Å². The second kappa shape index (κ2) is 4.82. The van der Waals surface area contributed by atoms with Crippen molar-refractivity contribution in [1.82, 2.24) is 5.32 Å². The molecule has 0 spiro atoms. The molecule has 3 heteroatoms. The maximum absolute atomic E-state index is 12.2. The molecule has 3 rings (SSSR count). The molecule has 1 heterocycles. The van der Waals surface area contributed by atoms with E-state index >= 15 is 0 Å². The summed E-state index contributed by atoms with van der Waals surface area (Å²) in [5.41, 5.74) is 3.32. The number of hydrogen-bond donors (Lipinski definition) is 1. The highest BCUT2D eigenvalue weighted by Crippen LogP contribution is 2.41. The van der Waals surface area contributed by atoms with Gasteiger partial charge in [-0.1, -0.05) is 38.1 Å². The fraction of sp³-hybridized carbons (Fsp3) is 0.353. The van der Waals surface area contributed by atoms with Gasteiger partial charge in [-0.05, 0) is 35.4 Å². The molecule has 0 radical (unpaired) electrons. The number of fused-ring (bicyclic) bond motifs is 1. The Balaban J connectivity index is 1.87. The van der Waals surface area contributed by atoms with Gasteiger partial charge in [0.25, 0.3) is 5.91 Å². The molecule has 0 unspecified atom stereocenters. The maximum Gasteiger partial charge on any atom is 0.255 e. The van der Waals surface area contributed by atoms with E-state index < -0.39 is 0 Å². The number of benzene rings is 1. The molecular weight excluding hydrogens is 250 g/mol. The zero-order chi connectivity index (χ0) is 14.2. The first-order valence-electron chi connectivity index (χ1n) is 7.00. The van der Waals surface area contributed by atoms with Crippen LogP contribution in [0.3, 0.4) is 0 Å². The van der Waals surface area contributed by atoms with Gasteiger partial charge in [-0.15, -0.1) is 0 Å². The van der Waals surface area contributed by atoms with Crippen LogP contribution < -0.4 is 5.32 Å². The minimum atomic E-state index is -0.0711. The lowest BCUT2D eigenvalue weighted by molar-refractivity contribution is 0.0929. The first kappa shape index (κ1) is 13.0. The molecule has 0 aliphatic heterocycles. The SMILES string of the molecule is CC1(C)CC[C@@H](NC(=O)c2ccoc2)c2ccccc21. The van der Waals surface area contributed by atoms with Gasteiger partial charge in [0.05, 0.1) is 17.9 Å². The number of furan rings is 1. The summed E-state index contributed by atoms with van der Waals surface area (Å²) in [5, 5.41) is 3.12. The zero-order valence-corrected chi connectivity index (χ0v) is 11.8. The second-order valence-electron chi connectivity index (χ2n) is 6.05. The van der Waals surface area contributed by atoms with Gasteiger partial charge in [0, 0.05) is 0 Å². The predicted octanol–water partition coefficient (Wildman–Crippen LogP) is 3.82. The minimum Gasteiger partial charge on any atom is -0.472 e. The molecule has 1 N–H and O–H groups in total. The normalized spacial score (nSPS) is 20.2. The molecule has 3 nitrogen and oxygen atoms in total. The van der Waals surface area contributed by atoms with E-state index in [4.69, 9.17) is 4.42 Å². The molecule has 1 aromatic heterocycles. The van der Waals surface area contributed by atoms with Crippen molar-refractivity contribution in [3.8, 4) is 0 Å². The van der Waals surface area contributed by atoms with E-state index in [9.17, 15) is 4.79 Å². The number of rotatable bonds is 2. The highest BCUT2D eigenvalue weighted by Gasteiger charge is 2.32. The third kappa shape index (κ3) is 2.24. The first-order valence-corrected chi connectivity index (χ1v) is 7.00. The minimum absolute atomic E-state index is 0.0711. The van der Waals surface area contributed by atoms with Crippen molar-refractivity contribution in [3.63, 3.8) is 0 Å². The van der Waals surface area contributed by atoms with Gasteiger partial charge in [-0.25, -0.2) is 0 Å². The van der Waals surface area contributed by atoms with Gasteiger partial charge in [-0.3, -0.25) is 4.79 Å². The third-order valence-corrected chi connectivity index (χ3v) is 4.21. The van der Waals surface area contributed by atoms with Crippen molar-refractivity contribution < 1.29 is 9.21 Å². The zero-order valence-electron chi connectivity index (χ0n) is 11.8. The Labute approximate surface area is 119 Å². The molecule has 1 aromatic carbocycles. The molecule has 104 valence electrons. The Morgan fingerprint density at radius 3 is 2.85 bits per heavy atom. The summed E-state index contributed by atoms with van der Waals surface area (Å²) < 4.78 is 4.97. The largest absolute Gasteiger partial charge is 0.472 e. The van der Waals surface area contributed by atoms with Crippen LogP contribution in [0.1, 0.15) is 54.2 Å². The number of nitrogens with one attached hydrogen (secondary N) is 1. The van der Waals surface area contributed by atoms with Crippen molar-refractivity contribution in [1.29, 1.82) is 0 Å². The lowest BCUT2D eigenvalue weighted by Crippen LogP contribution is -2.35. The van der Waals surface area contributed by atoms with E-state index in [1.807, 2.05) is 6.07 Å². The van der Waals surface area contributed by atoms with Crippen molar-refractivity contribution in [2.45, 2.75) is 38.1 Å². The summed E-state index contributed by atoms with van der Waals surface area (Å²) in [6.45, 7) is 4.53. The van der Waals surface area contributed by atoms with Crippen LogP contribution in [0.5, 0.6) is 0 Å². The van der Waals surface area contributed by atoms with Crippen LogP contribution in [-0.2, 0) is 5.41 Å². The molecule has 1 amide bonds. The standard InChI is InChI=1S/C17H19NO2/c1-17(2)9-7-15(13-5-3-4-6-14(13)17)18-16(19)12-8-10-20-11-12/h3-6,8,10-11,15H,7,9H2,1-2H3,(H,18,19)/t15-/m1/s1. The fourth-order valence-corrected chi connectivity index (χ4v) is 3.00. The van der Waals surface area contributed by atoms with Gasteiger partial charge in [0.1, 0.15) is 6.26 Å². The molecule has 1 aliphatic carbocycles. The fourth-order valence-electron chi connectivity index (χ4n) is 3.00. The molecule has 0 saturated heterocycles. The Hall–Kier alpha value is -2.03. The summed E-state index contributed by atoms with van der Waals surface area (Å²) in [5.74, 6) is -0.0711. The Morgan fingerprint density at radius 2 is 2.10 bits per heavy atom. The third-order valence-electron chi connectivity index (χ3n) is 4.21. The van der Waals surface area contributed by atoms with E-state index in [1.54, 1.807) is 6.07 Å². The van der Waals surface area contributed by atoms with Crippen LogP contribution >= 0.6 is 0 Å². The van der Waals surface area contributed by atoms with Crippen LogP contribution in [0, 0.1) is 0 Å². The molecule has 0 bridgehead atoms. The van der Waals surface area contributed by atoms with Crippen LogP contribution in [0.4, 0.5) is 0 Å². The Bertz CT molecular complexity index is 614. The lowest BCUT2D eigenvalue weighted by atomic mass is 9.71. The van der Waals surface area contributed by atoms with Crippen LogP contribution in [0.2, 0.25) is 0 Å². The van der Waals surface area contributed by atoms with Crippen molar-refractivity contribution in [2.24, 2.45) is 0 Å². The number of amides is 1. The highest BCUT2D eigenvalue weighted by molar-refractivity contribution is 5.94. The predicted molar refractivity (Wildman–Crippen MR) is 77.6 cm³/mol. The summed E-state index contributed by atoms with van der Waals surface area (Å²) >= 11 is 0. The average molecular weight is 269 g/mol. The molecule has 1 atom stereocenters. The number of carbonyl (C=O) groups excluding carboxylic acids is 1. The molecule has 2 aromatic rings. The highest BCUT2D eigenvalue weighted by atomic mass is 16.3. The quantitative estimate of drug-likeness (QED) is 0.900. The molecule has 1 aliphatic rings. The number of carbonyl (C=O) groups is 1. The van der Waals surface area contributed by atoms with Crippen molar-refractivity contribution in [2.75, 3.05) is 0 Å². The lowest BCUT2D eigenvalue weighted by Gasteiger charge is -2.37. The van der Waals surface area contributed by atoms with Crippen molar-refractivity contribution in [3.05, 3.63) is 59.5 Å². The smallest absolute Gasteiger partial charge is 0.255 e. The van der Waals surface area contributed by atoms with E-state index in [0.717, 1.165) is 12.8 Å². The summed E-state index contributed by atoms with van der Waals surface area (Å²) in [4.78, 5) is 12.2. The van der Waals surface area contributed by atoms with Crippen LogP contribution in [-0.4, -0.2) is 5.91 Å². The summed E-state index contributed by atoms with van der Waals surface area (Å²) in [6, 6.07) is 10.2. The van der Waals surface area contributed by atoms with E-state index in [1.165, 1.54) is 23.7 Å². The number of hydrogen-bond acceptors (Lipinski definition) is 2. The molecule has 20 heavy (non-hydrogen) atoms. The van der Waals surface area contributed by atoms with E-state index in [-0.39, 0.29) is 17.4 Å². The topological polar surface area (TPSA) is 42.2 Å². The first-order chi connectivity index (χ1) is 9.58. The second-order valence-corrected chi connectivity index (χ2v) is 6.05. The van der Waals surface area contributed by atoms with E-state index in [0.29, 0.717) is 5.56 Å². The average Bonchev–Trinajstić information content (AvgIpc) is 2.96. The van der Waals surface area contributed by atoms with Gasteiger partial charge >= 0.3 is 0 Å². The summed E-state index contributed by atoms with van der Waals surface area (Å²) in [6.07, 6.45) is 5.04. The van der Waals surface area contributed by atoms with Crippen LogP contribution in [0.25, 0.3) is 0 Å². The van der Waals surface area contributed by atoms with Gasteiger partial charge < -0.3 is 9.73 Å². The Kier molecular flexibility index (Phi) is 3.13. The molecule has 0 fully saturated rings. The maximum atomic E-state index is 12.2. The van der Waals surface area contributed by atoms with Crippen molar-refractivity contribution >= 4 is 5.91 Å². The van der Waals surface area contributed by atoms with Gasteiger partial charge in [0.2, 0.25) is 0 Å². The van der Waals surface area contributed by atoms with Crippen LogP contribution in [0.15, 0.2) is 47.3 Å². The Morgan fingerprint density at radius 1 is 1.30 bits per heavy atom. The van der Waals surface area contributed by atoms with E-state index in [2.05, 4.69) is 37.4 Å². The molecular formula is C17H19NO2. The monoisotopic (exact) mass is 269 g/mol. The summed E-state index contributed by atoms with van der Waals surface area (Å²) in [7, 11) is 0. The van der Waals surface area contributed by atoms with Gasteiger partial charge in [0.15, 0.2) is 0 Å². The molecule has 0 saturated carbocycles.